The predicted molar refractivity (Wildman–Crippen MR) is 176 cm³/mol. The van der Waals surface area contributed by atoms with Gasteiger partial charge in [0, 0.05) is 6.42 Å². The van der Waals surface area contributed by atoms with Gasteiger partial charge in [0.25, 0.3) is 0 Å². The van der Waals surface area contributed by atoms with Crippen LogP contribution in [0, 0.1) is 5.41 Å². The fourth-order valence-corrected chi connectivity index (χ4v) is 4.43. The van der Waals surface area contributed by atoms with Crippen molar-refractivity contribution in [1.29, 1.82) is 0 Å². The Morgan fingerprint density at radius 2 is 1.40 bits per heavy atom. The highest BCUT2D eigenvalue weighted by Gasteiger charge is 2.40. The largest absolute Gasteiger partial charge is 0.509 e. The average Bonchev–Trinajstić information content (AvgIpc) is 2.99. The van der Waals surface area contributed by atoms with Gasteiger partial charge in [-0.05, 0) is 51.2 Å². The van der Waals surface area contributed by atoms with E-state index in [-0.39, 0.29) is 12.2 Å². The molecule has 0 fully saturated rings. The van der Waals surface area contributed by atoms with Crippen LogP contribution in [0.5, 0.6) is 0 Å². The molecule has 9 nitrogen and oxygen atoms in total. The molecule has 0 aromatic rings. The Labute approximate surface area is 267 Å². The highest BCUT2D eigenvalue weighted by molar-refractivity contribution is 6.01. The van der Waals surface area contributed by atoms with E-state index < -0.39 is 55.3 Å². The van der Waals surface area contributed by atoms with Gasteiger partial charge in [-0.1, -0.05) is 110 Å². The van der Waals surface area contributed by atoms with Gasteiger partial charge in [0.1, 0.15) is 31.0 Å². The first kappa shape index (κ1) is 39.4. The van der Waals surface area contributed by atoms with Crippen LogP contribution in [0.2, 0.25) is 0 Å². The summed E-state index contributed by atoms with van der Waals surface area (Å²) in [6, 6.07) is 0. The predicted octanol–water partition coefficient (Wildman–Crippen LogP) is 4.90. The third kappa shape index (κ3) is 13.9. The summed E-state index contributed by atoms with van der Waals surface area (Å²) >= 11 is 0. The molecule has 0 saturated carbocycles. The van der Waals surface area contributed by atoms with E-state index >= 15 is 0 Å². The Hall–Kier alpha value is -3.60. The van der Waals surface area contributed by atoms with Crippen LogP contribution >= 0.6 is 0 Å². The lowest BCUT2D eigenvalue weighted by Gasteiger charge is -2.36. The van der Waals surface area contributed by atoms with Crippen molar-refractivity contribution in [3.8, 4) is 0 Å². The van der Waals surface area contributed by atoms with E-state index in [4.69, 9.17) is 14.6 Å². The minimum absolute atomic E-state index is 0.200. The summed E-state index contributed by atoms with van der Waals surface area (Å²) in [5.41, 5.74) is 3.96. The molecular weight excluding hydrogens is 576 g/mol. The van der Waals surface area contributed by atoms with Gasteiger partial charge in [0.05, 0.1) is 6.61 Å². The first-order valence-corrected chi connectivity index (χ1v) is 14.9. The van der Waals surface area contributed by atoms with Crippen LogP contribution in [0.4, 0.5) is 4.79 Å². The zero-order valence-electron chi connectivity index (χ0n) is 27.4. The van der Waals surface area contributed by atoms with Crippen molar-refractivity contribution in [2.45, 2.75) is 85.4 Å². The molecule has 45 heavy (non-hydrogen) atoms. The molecule has 0 heterocycles. The molecule has 5 atom stereocenters. The average molecular weight is 627 g/mol. The number of rotatable bonds is 15. The zero-order chi connectivity index (χ0) is 34.2. The van der Waals surface area contributed by atoms with Crippen molar-refractivity contribution >= 4 is 11.9 Å². The van der Waals surface area contributed by atoms with Crippen molar-refractivity contribution in [2.24, 2.45) is 5.41 Å². The minimum Gasteiger partial charge on any atom is -0.431 e. The first-order chi connectivity index (χ1) is 21.1. The van der Waals surface area contributed by atoms with Crippen molar-refractivity contribution in [1.82, 2.24) is 0 Å². The lowest BCUT2D eigenvalue weighted by atomic mass is 9.71. The molecule has 0 aromatic heterocycles. The fourth-order valence-electron chi connectivity index (χ4n) is 4.43. The van der Waals surface area contributed by atoms with Crippen molar-refractivity contribution in [3.05, 3.63) is 107 Å². The summed E-state index contributed by atoms with van der Waals surface area (Å²) < 4.78 is 10.1. The summed E-state index contributed by atoms with van der Waals surface area (Å²) in [5, 5.41) is 47.7. The molecule has 5 unspecified atom stereocenters. The van der Waals surface area contributed by atoms with Gasteiger partial charge in [-0.3, -0.25) is 4.79 Å². The summed E-state index contributed by atoms with van der Waals surface area (Å²) in [6.45, 7) is 11.9. The van der Waals surface area contributed by atoms with Gasteiger partial charge in [0.2, 0.25) is 0 Å². The molecule has 0 aromatic carbocycles. The van der Waals surface area contributed by atoms with Gasteiger partial charge < -0.3 is 35.0 Å². The maximum absolute atomic E-state index is 13.1. The molecule has 5 N–H and O–H groups in total. The molecule has 1 aliphatic rings. The normalized spacial score (nSPS) is 21.5. The van der Waals surface area contributed by atoms with Crippen LogP contribution in [-0.2, 0) is 14.3 Å². The Bertz CT molecular complexity index is 1270. The lowest BCUT2D eigenvalue weighted by Crippen LogP contribution is -2.47. The van der Waals surface area contributed by atoms with Crippen LogP contribution in [-0.4, -0.2) is 81.2 Å². The number of aliphatic hydroxyl groups is 5. The second-order valence-electron chi connectivity index (χ2n) is 11.7. The first-order valence-electron chi connectivity index (χ1n) is 14.9. The molecule has 0 amide bonds. The van der Waals surface area contributed by atoms with E-state index in [9.17, 15) is 30.0 Å². The number of Topliss-reactive ketones (excluding diaryl/α,β-unsaturated/α-hetero) is 1. The second kappa shape index (κ2) is 19.7. The molecule has 1 aliphatic carbocycles. The van der Waals surface area contributed by atoms with Gasteiger partial charge in [-0.15, -0.1) is 0 Å². The van der Waals surface area contributed by atoms with Gasteiger partial charge in [-0.2, -0.15) is 0 Å². The SMILES string of the molecule is CC=CC=CC(C)=CC=CC=C(C)C=CC=C(C)C=CC1=C(C)C(=O)C(OC(=O)OCC(O)C(O)C(O)C(O)CO)CC1(C)C. The monoisotopic (exact) mass is 626 g/mol. The molecule has 0 bridgehead atoms. The number of carbonyl (C=O) groups excluding carboxylic acids is 2. The molecule has 0 aliphatic heterocycles. The number of allylic oxidation sites excluding steroid dienone is 17. The van der Waals surface area contributed by atoms with Crippen LogP contribution in [0.1, 0.15) is 54.9 Å². The molecule has 248 valence electrons. The number of ether oxygens (including phenoxy) is 2. The zero-order valence-corrected chi connectivity index (χ0v) is 27.4. The maximum Gasteiger partial charge on any atom is 0.509 e. The molecule has 9 heteroatoms. The number of aliphatic hydroxyl groups excluding tert-OH is 5. The Morgan fingerprint density at radius 3 is 1.98 bits per heavy atom. The summed E-state index contributed by atoms with van der Waals surface area (Å²) in [7, 11) is 0. The minimum atomic E-state index is -1.89. The number of hydrogen-bond donors (Lipinski definition) is 5. The van der Waals surface area contributed by atoms with Crippen molar-refractivity contribution in [2.75, 3.05) is 13.2 Å². The van der Waals surface area contributed by atoms with Crippen LogP contribution in [0.25, 0.3) is 0 Å². The summed E-state index contributed by atoms with van der Waals surface area (Å²) in [5.74, 6) is -0.373. The number of hydrogen-bond acceptors (Lipinski definition) is 9. The Kier molecular flexibility index (Phi) is 17.3. The highest BCUT2D eigenvalue weighted by Crippen LogP contribution is 2.40. The van der Waals surface area contributed by atoms with Crippen LogP contribution < -0.4 is 0 Å². The van der Waals surface area contributed by atoms with E-state index in [2.05, 4.69) is 0 Å². The van der Waals surface area contributed by atoms with Crippen LogP contribution in [0.15, 0.2) is 107 Å². The third-order valence-corrected chi connectivity index (χ3v) is 7.15. The van der Waals surface area contributed by atoms with E-state index in [0.29, 0.717) is 5.57 Å². The van der Waals surface area contributed by atoms with E-state index in [1.165, 1.54) is 0 Å². The molecule has 0 radical (unpaired) electrons. The fraction of sp³-hybridized carbons (Fsp3) is 0.444. The Balaban J connectivity index is 2.82. The number of ketones is 1. The molecule has 0 saturated heterocycles. The standard InChI is InChI=1S/C36H50O9/c1-8-9-10-14-24(2)15-11-12-16-25(3)17-13-18-26(4)19-20-28-27(5)32(40)31(21-36(28,6)7)45-35(43)44-23-30(39)34(42)33(41)29(38)22-37/h8-20,29-31,33-34,37-39,41-42H,21-23H2,1-7H3. The van der Waals surface area contributed by atoms with E-state index in [1.807, 2.05) is 121 Å². The summed E-state index contributed by atoms with van der Waals surface area (Å²) in [6.07, 6.45) is 16.5. The van der Waals surface area contributed by atoms with Gasteiger partial charge in [-0.25, -0.2) is 4.79 Å². The second-order valence-corrected chi connectivity index (χ2v) is 11.7. The van der Waals surface area contributed by atoms with Crippen molar-refractivity contribution < 1.29 is 44.6 Å². The quantitative estimate of drug-likeness (QED) is 0.126. The Morgan fingerprint density at radius 1 is 0.867 bits per heavy atom. The third-order valence-electron chi connectivity index (χ3n) is 7.15. The molecular formula is C36H50O9. The van der Waals surface area contributed by atoms with Crippen LogP contribution in [0.3, 0.4) is 0 Å². The van der Waals surface area contributed by atoms with Crippen molar-refractivity contribution in [3.63, 3.8) is 0 Å². The molecule has 1 rings (SSSR count). The topological polar surface area (TPSA) is 154 Å². The summed E-state index contributed by atoms with van der Waals surface area (Å²) in [4.78, 5) is 25.3. The number of carbonyl (C=O) groups is 2. The lowest BCUT2D eigenvalue weighted by molar-refractivity contribution is -0.133. The smallest absolute Gasteiger partial charge is 0.431 e. The van der Waals surface area contributed by atoms with E-state index in [0.717, 1.165) is 22.3 Å². The van der Waals surface area contributed by atoms with Gasteiger partial charge in [0.15, 0.2) is 11.9 Å². The van der Waals surface area contributed by atoms with E-state index in [1.54, 1.807) is 6.92 Å². The maximum atomic E-state index is 13.1. The van der Waals surface area contributed by atoms with Gasteiger partial charge >= 0.3 is 6.16 Å². The molecule has 0 spiro atoms. The highest BCUT2D eigenvalue weighted by atomic mass is 16.7.